The highest BCUT2D eigenvalue weighted by Crippen LogP contribution is 2.29. The van der Waals surface area contributed by atoms with Crippen molar-refractivity contribution in [3.8, 4) is 0 Å². The summed E-state index contributed by atoms with van der Waals surface area (Å²) in [5.74, 6) is 0. The van der Waals surface area contributed by atoms with E-state index in [2.05, 4.69) is 9.88 Å². The molecule has 0 amide bonds. The van der Waals surface area contributed by atoms with Gasteiger partial charge in [0.05, 0.1) is 23.0 Å². The molecule has 1 aromatic heterocycles. The van der Waals surface area contributed by atoms with Crippen molar-refractivity contribution in [1.82, 2.24) is 4.98 Å². The van der Waals surface area contributed by atoms with Gasteiger partial charge in [0.2, 0.25) is 0 Å². The summed E-state index contributed by atoms with van der Waals surface area (Å²) in [5, 5.41) is 10.3. The molecule has 2 rings (SSSR count). The van der Waals surface area contributed by atoms with Crippen LogP contribution in [0.15, 0.2) is 30.5 Å². The third kappa shape index (κ3) is 2.54. The lowest BCUT2D eigenvalue weighted by molar-refractivity contribution is 0.187. The molecule has 0 bridgehead atoms. The van der Waals surface area contributed by atoms with Crippen LogP contribution in [0.25, 0.3) is 10.9 Å². The lowest BCUT2D eigenvalue weighted by atomic mass is 10.1. The third-order valence-electron chi connectivity index (χ3n) is 3.10. The summed E-state index contributed by atoms with van der Waals surface area (Å²) in [6.45, 7) is 2.56. The quantitative estimate of drug-likeness (QED) is 0.809. The van der Waals surface area contributed by atoms with E-state index in [0.29, 0.717) is 0 Å². The number of fused-ring (bicyclic) bond motifs is 1. The second kappa shape index (κ2) is 5.23. The minimum Gasteiger partial charge on any atom is -0.396 e. The fourth-order valence-corrected chi connectivity index (χ4v) is 2.00. The fourth-order valence-electron chi connectivity index (χ4n) is 2.00. The maximum absolute atomic E-state index is 9.32. The van der Waals surface area contributed by atoms with Gasteiger partial charge in [0.25, 0.3) is 0 Å². The van der Waals surface area contributed by atoms with Crippen LogP contribution in [0.4, 0.5) is 11.4 Å². The molecule has 0 aliphatic heterocycles. The van der Waals surface area contributed by atoms with Crippen molar-refractivity contribution in [3.05, 3.63) is 30.5 Å². The number of rotatable bonds is 4. The van der Waals surface area contributed by atoms with E-state index in [-0.39, 0.29) is 6.10 Å². The Morgan fingerprint density at radius 3 is 2.89 bits per heavy atom. The van der Waals surface area contributed by atoms with Crippen LogP contribution in [-0.2, 0) is 0 Å². The summed E-state index contributed by atoms with van der Waals surface area (Å²) >= 11 is 0. The maximum Gasteiger partial charge on any atom is 0.0724 e. The molecule has 1 unspecified atom stereocenters. The Bertz CT molecular complexity index is 540. The van der Waals surface area contributed by atoms with Crippen LogP contribution in [0.2, 0.25) is 0 Å². The fraction of sp³-hybridized carbons (Fsp3) is 0.357. The largest absolute Gasteiger partial charge is 0.396 e. The molecule has 0 aliphatic carbocycles. The summed E-state index contributed by atoms with van der Waals surface area (Å²) in [6.07, 6.45) is 2.19. The van der Waals surface area contributed by atoms with Gasteiger partial charge in [-0.05, 0) is 37.6 Å². The number of aliphatic hydroxyl groups is 1. The number of benzene rings is 1. The predicted molar refractivity (Wildman–Crippen MR) is 75.7 cm³/mol. The summed E-state index contributed by atoms with van der Waals surface area (Å²) in [7, 11) is 1.98. The molecule has 1 heterocycles. The topological polar surface area (TPSA) is 62.4 Å². The van der Waals surface area contributed by atoms with Crippen LogP contribution in [0, 0.1) is 0 Å². The Hall–Kier alpha value is -1.81. The molecule has 4 heteroatoms. The number of nitrogen functional groups attached to an aromatic ring is 1. The Balaban J connectivity index is 2.31. The van der Waals surface area contributed by atoms with E-state index in [1.54, 1.807) is 13.1 Å². The first kappa shape index (κ1) is 12.6. The number of aromatic nitrogens is 1. The van der Waals surface area contributed by atoms with Crippen molar-refractivity contribution < 1.29 is 5.11 Å². The van der Waals surface area contributed by atoms with Crippen LogP contribution in [0.1, 0.15) is 13.3 Å². The molecular weight excluding hydrogens is 226 g/mol. The molecule has 0 fully saturated rings. The van der Waals surface area contributed by atoms with Gasteiger partial charge in [-0.1, -0.05) is 0 Å². The molecule has 0 aliphatic rings. The number of pyridine rings is 1. The van der Waals surface area contributed by atoms with Crippen molar-refractivity contribution >= 4 is 22.3 Å². The zero-order valence-electron chi connectivity index (χ0n) is 10.8. The van der Waals surface area contributed by atoms with Crippen LogP contribution in [-0.4, -0.2) is 29.8 Å². The molecule has 0 radical (unpaired) electrons. The first-order chi connectivity index (χ1) is 8.59. The van der Waals surface area contributed by atoms with Gasteiger partial charge < -0.3 is 15.7 Å². The van der Waals surface area contributed by atoms with Crippen LogP contribution < -0.4 is 10.6 Å². The second-order valence-corrected chi connectivity index (χ2v) is 4.63. The SMILES string of the molecule is CC(O)CCN(C)c1ccc2ncccc2c1N. The Morgan fingerprint density at radius 1 is 1.39 bits per heavy atom. The Kier molecular flexibility index (Phi) is 3.67. The third-order valence-corrected chi connectivity index (χ3v) is 3.10. The van der Waals surface area contributed by atoms with E-state index in [4.69, 9.17) is 5.73 Å². The van der Waals surface area contributed by atoms with Crippen LogP contribution in [0.3, 0.4) is 0 Å². The van der Waals surface area contributed by atoms with Gasteiger partial charge in [-0.25, -0.2) is 0 Å². The first-order valence-electron chi connectivity index (χ1n) is 6.12. The van der Waals surface area contributed by atoms with E-state index in [1.165, 1.54) is 0 Å². The molecule has 96 valence electrons. The number of aliphatic hydroxyl groups excluding tert-OH is 1. The standard InChI is InChI=1S/C14H19N3O/c1-10(18)7-9-17(2)13-6-5-12-11(14(13)15)4-3-8-16-12/h3-6,8,10,18H,7,9,15H2,1-2H3. The first-order valence-corrected chi connectivity index (χ1v) is 6.12. The van der Waals surface area contributed by atoms with Crippen molar-refractivity contribution in [2.75, 3.05) is 24.2 Å². The van der Waals surface area contributed by atoms with E-state index in [9.17, 15) is 5.11 Å². The smallest absolute Gasteiger partial charge is 0.0724 e. The van der Waals surface area contributed by atoms with Crippen molar-refractivity contribution in [3.63, 3.8) is 0 Å². The highest BCUT2D eigenvalue weighted by Gasteiger charge is 2.09. The molecule has 1 aromatic carbocycles. The van der Waals surface area contributed by atoms with Crippen LogP contribution in [0.5, 0.6) is 0 Å². The average Bonchev–Trinajstić information content (AvgIpc) is 2.37. The van der Waals surface area contributed by atoms with Gasteiger partial charge in [0, 0.05) is 25.2 Å². The van der Waals surface area contributed by atoms with Gasteiger partial charge in [-0.15, -0.1) is 0 Å². The van der Waals surface area contributed by atoms with Crippen LogP contribution >= 0.6 is 0 Å². The Labute approximate surface area is 107 Å². The van der Waals surface area contributed by atoms with Crippen molar-refractivity contribution in [1.29, 1.82) is 0 Å². The zero-order valence-corrected chi connectivity index (χ0v) is 10.8. The summed E-state index contributed by atoms with van der Waals surface area (Å²) in [4.78, 5) is 6.34. The van der Waals surface area contributed by atoms with Crippen molar-refractivity contribution in [2.24, 2.45) is 0 Å². The number of nitrogens with two attached hydrogens (primary N) is 1. The van der Waals surface area contributed by atoms with E-state index in [1.807, 2.05) is 31.3 Å². The van der Waals surface area contributed by atoms with Gasteiger partial charge in [-0.2, -0.15) is 0 Å². The molecule has 18 heavy (non-hydrogen) atoms. The predicted octanol–water partition coefficient (Wildman–Crippen LogP) is 2.02. The zero-order chi connectivity index (χ0) is 13.1. The molecule has 3 N–H and O–H groups in total. The highest BCUT2D eigenvalue weighted by atomic mass is 16.3. The highest BCUT2D eigenvalue weighted by molar-refractivity contribution is 5.97. The van der Waals surface area contributed by atoms with E-state index >= 15 is 0 Å². The normalized spacial score (nSPS) is 12.6. The number of anilines is 2. The molecule has 4 nitrogen and oxygen atoms in total. The Morgan fingerprint density at radius 2 is 2.17 bits per heavy atom. The van der Waals surface area contributed by atoms with Crippen molar-refractivity contribution in [2.45, 2.75) is 19.4 Å². The van der Waals surface area contributed by atoms with Gasteiger partial charge in [0.1, 0.15) is 0 Å². The monoisotopic (exact) mass is 245 g/mol. The summed E-state index contributed by atoms with van der Waals surface area (Å²) < 4.78 is 0. The summed E-state index contributed by atoms with van der Waals surface area (Å²) in [6, 6.07) is 7.81. The minimum absolute atomic E-state index is 0.296. The molecule has 1 atom stereocenters. The van der Waals surface area contributed by atoms with Gasteiger partial charge in [0.15, 0.2) is 0 Å². The van der Waals surface area contributed by atoms with E-state index < -0.39 is 0 Å². The molecule has 0 spiro atoms. The lowest BCUT2D eigenvalue weighted by Gasteiger charge is -2.22. The van der Waals surface area contributed by atoms with E-state index in [0.717, 1.165) is 35.2 Å². The minimum atomic E-state index is -0.296. The number of hydrogen-bond acceptors (Lipinski definition) is 4. The molecule has 0 saturated heterocycles. The molecule has 2 aromatic rings. The number of hydrogen-bond donors (Lipinski definition) is 2. The average molecular weight is 245 g/mol. The summed E-state index contributed by atoms with van der Waals surface area (Å²) in [5.41, 5.74) is 8.81. The van der Waals surface area contributed by atoms with Gasteiger partial charge >= 0.3 is 0 Å². The molecular formula is C14H19N3O. The second-order valence-electron chi connectivity index (χ2n) is 4.63. The number of nitrogens with zero attached hydrogens (tertiary/aromatic N) is 2. The lowest BCUT2D eigenvalue weighted by Crippen LogP contribution is -2.22. The maximum atomic E-state index is 9.32. The van der Waals surface area contributed by atoms with Gasteiger partial charge in [-0.3, -0.25) is 4.98 Å². The molecule has 0 saturated carbocycles.